The van der Waals surface area contributed by atoms with Gasteiger partial charge in [0.15, 0.2) is 10.8 Å². The number of carbonyl (C=O) groups excluding carboxylic acids is 1. The minimum atomic E-state index is -0.361. The highest BCUT2D eigenvalue weighted by molar-refractivity contribution is 7.15. The molecule has 2 rings (SSSR count). The monoisotopic (exact) mass is 268 g/mol. The summed E-state index contributed by atoms with van der Waals surface area (Å²) in [4.78, 5) is 16.9. The molecule has 0 aromatic carbocycles. The summed E-state index contributed by atoms with van der Waals surface area (Å²) in [6, 6.07) is 0. The van der Waals surface area contributed by atoms with Crippen LogP contribution in [0.4, 0.5) is 5.13 Å². The summed E-state index contributed by atoms with van der Waals surface area (Å²) >= 11 is 1.45. The van der Waals surface area contributed by atoms with Crippen LogP contribution in [0.25, 0.3) is 0 Å². The van der Waals surface area contributed by atoms with E-state index >= 15 is 0 Å². The molecule has 0 bridgehead atoms. The molecular weight excluding hydrogens is 248 g/mol. The van der Waals surface area contributed by atoms with Gasteiger partial charge in [0.05, 0.1) is 7.11 Å². The molecule has 100 valence electrons. The van der Waals surface area contributed by atoms with Crippen molar-refractivity contribution in [1.29, 1.82) is 0 Å². The van der Waals surface area contributed by atoms with Gasteiger partial charge in [0.2, 0.25) is 0 Å². The second-order valence-corrected chi connectivity index (χ2v) is 5.86. The zero-order chi connectivity index (χ0) is 13.0. The standard InChI is InChI=1S/C13H20N2O2S/c1-17-12(16)10-11(18-13(14)15-10)9-7-5-3-2-4-6-8-9/h9H,2-8H2,1H3,(H2,14,15). The molecule has 0 atom stereocenters. The number of aromatic nitrogens is 1. The minimum Gasteiger partial charge on any atom is -0.464 e. The molecule has 4 nitrogen and oxygen atoms in total. The molecule has 1 aliphatic carbocycles. The van der Waals surface area contributed by atoms with Crippen LogP contribution < -0.4 is 5.73 Å². The smallest absolute Gasteiger partial charge is 0.357 e. The van der Waals surface area contributed by atoms with Crippen LogP contribution in [-0.2, 0) is 4.74 Å². The first kappa shape index (κ1) is 13.3. The Labute approximate surface area is 112 Å². The van der Waals surface area contributed by atoms with Crippen LogP contribution in [0.15, 0.2) is 0 Å². The molecular formula is C13H20N2O2S. The van der Waals surface area contributed by atoms with Crippen molar-refractivity contribution >= 4 is 22.4 Å². The molecule has 0 unspecified atom stereocenters. The summed E-state index contributed by atoms with van der Waals surface area (Å²) in [7, 11) is 1.39. The molecule has 1 saturated carbocycles. The fourth-order valence-electron chi connectivity index (χ4n) is 2.59. The van der Waals surface area contributed by atoms with E-state index in [1.54, 1.807) is 0 Å². The summed E-state index contributed by atoms with van der Waals surface area (Å²) < 4.78 is 4.79. The van der Waals surface area contributed by atoms with Gasteiger partial charge in [0, 0.05) is 4.88 Å². The van der Waals surface area contributed by atoms with E-state index in [9.17, 15) is 4.79 Å². The third kappa shape index (κ3) is 3.02. The van der Waals surface area contributed by atoms with Crippen molar-refractivity contribution in [2.24, 2.45) is 0 Å². The van der Waals surface area contributed by atoms with Gasteiger partial charge in [-0.25, -0.2) is 9.78 Å². The Balaban J connectivity index is 2.21. The number of nitrogens with zero attached hydrogens (tertiary/aromatic N) is 1. The maximum Gasteiger partial charge on any atom is 0.357 e. The summed E-state index contributed by atoms with van der Waals surface area (Å²) in [6.07, 6.45) is 8.63. The summed E-state index contributed by atoms with van der Waals surface area (Å²) in [5, 5.41) is 0.465. The highest BCUT2D eigenvalue weighted by Gasteiger charge is 2.25. The molecule has 2 N–H and O–H groups in total. The number of hydrogen-bond acceptors (Lipinski definition) is 5. The first-order valence-corrected chi connectivity index (χ1v) is 7.38. The largest absolute Gasteiger partial charge is 0.464 e. The van der Waals surface area contributed by atoms with Gasteiger partial charge in [-0.2, -0.15) is 0 Å². The molecule has 5 heteroatoms. The van der Waals surface area contributed by atoms with E-state index in [1.807, 2.05) is 0 Å². The van der Waals surface area contributed by atoms with Crippen molar-refractivity contribution in [2.45, 2.75) is 50.9 Å². The van der Waals surface area contributed by atoms with Gasteiger partial charge in [-0.1, -0.05) is 32.1 Å². The molecule has 0 amide bonds. The first-order chi connectivity index (χ1) is 8.72. The van der Waals surface area contributed by atoms with E-state index in [1.165, 1.54) is 50.6 Å². The topological polar surface area (TPSA) is 65.2 Å². The van der Waals surface area contributed by atoms with Crippen molar-refractivity contribution in [3.8, 4) is 0 Å². The Kier molecular flexibility index (Phi) is 4.58. The highest BCUT2D eigenvalue weighted by Crippen LogP contribution is 2.37. The van der Waals surface area contributed by atoms with Crippen LogP contribution in [0.3, 0.4) is 0 Å². The van der Waals surface area contributed by atoms with Crippen LogP contribution in [0.1, 0.15) is 66.2 Å². The SMILES string of the molecule is COC(=O)c1nc(N)sc1C1CCCCCCC1. The lowest BCUT2D eigenvalue weighted by Gasteiger charge is -2.18. The van der Waals surface area contributed by atoms with E-state index in [-0.39, 0.29) is 5.97 Å². The molecule has 0 spiro atoms. The molecule has 1 heterocycles. The summed E-state index contributed by atoms with van der Waals surface area (Å²) in [6.45, 7) is 0. The number of rotatable bonds is 2. The van der Waals surface area contributed by atoms with E-state index in [0.717, 1.165) is 17.7 Å². The molecule has 1 aromatic rings. The third-order valence-electron chi connectivity index (χ3n) is 3.52. The van der Waals surface area contributed by atoms with Crippen LogP contribution in [0.2, 0.25) is 0 Å². The molecule has 1 aromatic heterocycles. The number of nitrogens with two attached hydrogens (primary N) is 1. The quantitative estimate of drug-likeness (QED) is 0.835. The highest BCUT2D eigenvalue weighted by atomic mass is 32.1. The van der Waals surface area contributed by atoms with E-state index in [4.69, 9.17) is 10.5 Å². The Hall–Kier alpha value is -1.10. The lowest BCUT2D eigenvalue weighted by Crippen LogP contribution is -2.09. The van der Waals surface area contributed by atoms with E-state index < -0.39 is 0 Å². The Bertz CT molecular complexity index is 409. The van der Waals surface area contributed by atoms with E-state index in [2.05, 4.69) is 4.98 Å². The fourth-order valence-corrected chi connectivity index (χ4v) is 3.58. The van der Waals surface area contributed by atoms with Crippen LogP contribution in [-0.4, -0.2) is 18.1 Å². The van der Waals surface area contributed by atoms with Crippen molar-refractivity contribution in [3.05, 3.63) is 10.6 Å². The number of nitrogen functional groups attached to an aromatic ring is 1. The van der Waals surface area contributed by atoms with Gasteiger partial charge in [-0.05, 0) is 18.8 Å². The fraction of sp³-hybridized carbons (Fsp3) is 0.692. The van der Waals surface area contributed by atoms with Crippen molar-refractivity contribution < 1.29 is 9.53 Å². The number of esters is 1. The molecule has 1 fully saturated rings. The van der Waals surface area contributed by atoms with Gasteiger partial charge in [-0.15, -0.1) is 11.3 Å². The molecule has 0 aliphatic heterocycles. The van der Waals surface area contributed by atoms with Gasteiger partial charge in [0.25, 0.3) is 0 Å². The van der Waals surface area contributed by atoms with Gasteiger partial charge < -0.3 is 10.5 Å². The molecule has 0 radical (unpaired) electrons. The lowest BCUT2D eigenvalue weighted by molar-refractivity contribution is 0.0593. The van der Waals surface area contributed by atoms with Crippen LogP contribution in [0.5, 0.6) is 0 Å². The Morgan fingerprint density at radius 2 is 1.89 bits per heavy atom. The number of ether oxygens (including phenoxy) is 1. The average molecular weight is 268 g/mol. The molecule has 18 heavy (non-hydrogen) atoms. The summed E-state index contributed by atoms with van der Waals surface area (Å²) in [5.41, 5.74) is 6.18. The maximum absolute atomic E-state index is 11.7. The number of thiazole rings is 1. The zero-order valence-corrected chi connectivity index (χ0v) is 11.6. The molecule has 1 aliphatic rings. The minimum absolute atomic E-state index is 0.361. The zero-order valence-electron chi connectivity index (χ0n) is 10.8. The van der Waals surface area contributed by atoms with Crippen molar-refractivity contribution in [1.82, 2.24) is 4.98 Å². The lowest BCUT2D eigenvalue weighted by atomic mass is 9.89. The van der Waals surface area contributed by atoms with Gasteiger partial charge in [-0.3, -0.25) is 0 Å². The second-order valence-electron chi connectivity index (χ2n) is 4.80. The van der Waals surface area contributed by atoms with Crippen LogP contribution in [0, 0.1) is 0 Å². The Morgan fingerprint density at radius 3 is 2.50 bits per heavy atom. The van der Waals surface area contributed by atoms with Gasteiger partial charge >= 0.3 is 5.97 Å². The second kappa shape index (κ2) is 6.18. The number of carbonyl (C=O) groups is 1. The third-order valence-corrected chi connectivity index (χ3v) is 4.57. The first-order valence-electron chi connectivity index (χ1n) is 6.57. The average Bonchev–Trinajstić information content (AvgIpc) is 2.70. The predicted octanol–water partition coefficient (Wildman–Crippen LogP) is 3.34. The number of methoxy groups -OCH3 is 1. The van der Waals surface area contributed by atoms with Crippen molar-refractivity contribution in [2.75, 3.05) is 12.8 Å². The number of hydrogen-bond donors (Lipinski definition) is 1. The van der Waals surface area contributed by atoms with Crippen molar-refractivity contribution in [3.63, 3.8) is 0 Å². The predicted molar refractivity (Wildman–Crippen MR) is 72.9 cm³/mol. The number of anilines is 1. The normalized spacial score (nSPS) is 18.1. The van der Waals surface area contributed by atoms with Crippen LogP contribution >= 0.6 is 11.3 Å². The molecule has 0 saturated heterocycles. The van der Waals surface area contributed by atoms with Gasteiger partial charge in [0.1, 0.15) is 0 Å². The summed E-state index contributed by atoms with van der Waals surface area (Å²) in [5.74, 6) is 0.0641. The maximum atomic E-state index is 11.7. The van der Waals surface area contributed by atoms with E-state index in [0.29, 0.717) is 16.7 Å². The Morgan fingerprint density at radius 1 is 1.28 bits per heavy atom.